The van der Waals surface area contributed by atoms with Gasteiger partial charge in [0.05, 0.1) is 12.0 Å². The molecule has 0 heterocycles. The van der Waals surface area contributed by atoms with Gasteiger partial charge >= 0.3 is 12.0 Å². The van der Waals surface area contributed by atoms with Crippen molar-refractivity contribution in [3.8, 4) is 0 Å². The topological polar surface area (TPSA) is 111 Å². The van der Waals surface area contributed by atoms with Crippen LogP contribution in [0, 0.1) is 22.0 Å². The van der Waals surface area contributed by atoms with E-state index >= 15 is 0 Å². The van der Waals surface area contributed by atoms with Gasteiger partial charge in [-0.2, -0.15) is 0 Å². The Balaban J connectivity index is 1.77. The van der Waals surface area contributed by atoms with Crippen LogP contribution >= 0.6 is 0 Å². The monoisotopic (exact) mass is 407 g/mol. The first-order valence-electron chi connectivity index (χ1n) is 9.56. The zero-order valence-electron chi connectivity index (χ0n) is 16.3. The molecular weight excluding hydrogens is 381 g/mol. The molecule has 0 bridgehead atoms. The maximum atomic E-state index is 14.2. The lowest BCUT2D eigenvalue weighted by atomic mass is 9.91. The lowest BCUT2D eigenvalue weighted by molar-refractivity contribution is -0.384. The minimum atomic E-state index is -0.912. The number of carbonyl (C=O) groups is 2. The van der Waals surface area contributed by atoms with Crippen LogP contribution in [-0.4, -0.2) is 36.7 Å². The molecule has 1 aliphatic rings. The second kappa shape index (κ2) is 11.1. The number of methoxy groups -OCH3 is 1. The quantitative estimate of drug-likeness (QED) is 0.278. The molecule has 8 nitrogen and oxygen atoms in total. The molecule has 3 atom stereocenters. The van der Waals surface area contributed by atoms with Crippen molar-refractivity contribution in [2.24, 2.45) is 11.8 Å². The van der Waals surface area contributed by atoms with Crippen LogP contribution in [0.4, 0.5) is 20.6 Å². The lowest BCUT2D eigenvalue weighted by Crippen LogP contribution is -2.35. The van der Waals surface area contributed by atoms with Crippen LogP contribution in [-0.2, 0) is 9.53 Å². The number of amides is 2. The summed E-state index contributed by atoms with van der Waals surface area (Å²) in [5, 5.41) is 16.0. The summed E-state index contributed by atoms with van der Waals surface area (Å²) in [7, 11) is 1.34. The number of carbonyl (C=O) groups excluding carboxylic acids is 2. The van der Waals surface area contributed by atoms with Gasteiger partial charge in [0, 0.05) is 30.8 Å². The summed E-state index contributed by atoms with van der Waals surface area (Å²) >= 11 is 0. The van der Waals surface area contributed by atoms with Gasteiger partial charge in [-0.1, -0.05) is 12.2 Å². The van der Waals surface area contributed by atoms with Gasteiger partial charge in [-0.05, 0) is 49.7 Å². The third kappa shape index (κ3) is 7.17. The molecular formula is C20H26FN3O5. The standard InChI is InChI=1S/C20H26FN3O5/c1-29-19(25)6-4-2-3-5-17-14(7-12-18(17)21)13-22-20(26)23-15-8-10-16(11-9-15)24(27)28/h2-3,8-11,14,17-18H,4-7,12-13H2,1H3,(H2,22,23,26)/b3-2-/t14-,17-,18-/m1/s1. The number of urea groups is 1. The second-order valence-electron chi connectivity index (χ2n) is 6.98. The molecule has 2 rings (SSSR count). The Bertz CT molecular complexity index is 738. The van der Waals surface area contributed by atoms with Crippen LogP contribution in [0.2, 0.25) is 0 Å². The van der Waals surface area contributed by atoms with E-state index in [0.717, 1.165) is 0 Å². The smallest absolute Gasteiger partial charge is 0.319 e. The van der Waals surface area contributed by atoms with Crippen molar-refractivity contribution in [2.45, 2.75) is 38.3 Å². The molecule has 1 saturated carbocycles. The van der Waals surface area contributed by atoms with Gasteiger partial charge in [-0.25, -0.2) is 9.18 Å². The first-order valence-corrected chi connectivity index (χ1v) is 9.56. The molecule has 0 saturated heterocycles. The van der Waals surface area contributed by atoms with E-state index in [0.29, 0.717) is 44.3 Å². The summed E-state index contributed by atoms with van der Waals surface area (Å²) in [6.07, 6.45) is 5.39. The summed E-state index contributed by atoms with van der Waals surface area (Å²) < 4.78 is 18.8. The summed E-state index contributed by atoms with van der Waals surface area (Å²) in [6, 6.07) is 5.08. The van der Waals surface area contributed by atoms with Crippen molar-refractivity contribution >= 4 is 23.4 Å². The van der Waals surface area contributed by atoms with E-state index in [9.17, 15) is 24.1 Å². The number of allylic oxidation sites excluding steroid dienone is 2. The molecule has 1 aromatic rings. The summed E-state index contributed by atoms with van der Waals surface area (Å²) in [5.74, 6) is -0.429. The molecule has 2 amide bonds. The van der Waals surface area contributed by atoms with Gasteiger partial charge in [0.1, 0.15) is 6.17 Å². The third-order valence-corrected chi connectivity index (χ3v) is 5.06. The molecule has 1 fully saturated rings. The van der Waals surface area contributed by atoms with Crippen molar-refractivity contribution < 1.29 is 23.6 Å². The van der Waals surface area contributed by atoms with Gasteiger partial charge in [0.25, 0.3) is 5.69 Å². The zero-order chi connectivity index (χ0) is 21.2. The Kier molecular flexibility index (Phi) is 8.57. The number of alkyl halides is 1. The largest absolute Gasteiger partial charge is 0.469 e. The van der Waals surface area contributed by atoms with Crippen LogP contribution in [0.1, 0.15) is 32.1 Å². The van der Waals surface area contributed by atoms with Gasteiger partial charge in [0.15, 0.2) is 0 Å². The highest BCUT2D eigenvalue weighted by molar-refractivity contribution is 5.89. The van der Waals surface area contributed by atoms with Crippen molar-refractivity contribution in [1.29, 1.82) is 0 Å². The second-order valence-corrected chi connectivity index (χ2v) is 6.98. The van der Waals surface area contributed by atoms with Gasteiger partial charge in [0.2, 0.25) is 0 Å². The number of ether oxygens (including phenoxy) is 1. The minimum Gasteiger partial charge on any atom is -0.469 e. The minimum absolute atomic E-state index is 0.0258. The molecule has 9 heteroatoms. The first-order chi connectivity index (χ1) is 13.9. The van der Waals surface area contributed by atoms with Crippen LogP contribution < -0.4 is 10.6 Å². The van der Waals surface area contributed by atoms with E-state index < -0.39 is 17.1 Å². The molecule has 1 aromatic carbocycles. The number of nitrogens with zero attached hydrogens (tertiary/aromatic N) is 1. The van der Waals surface area contributed by atoms with Crippen LogP contribution in [0.3, 0.4) is 0 Å². The van der Waals surface area contributed by atoms with E-state index in [2.05, 4.69) is 15.4 Å². The maximum absolute atomic E-state index is 14.2. The van der Waals surface area contributed by atoms with Crippen molar-refractivity contribution in [3.63, 3.8) is 0 Å². The van der Waals surface area contributed by atoms with Crippen molar-refractivity contribution in [3.05, 3.63) is 46.5 Å². The SMILES string of the molecule is COC(=O)CC/C=C\C[C@@H]1[C@@H](CNC(=O)Nc2ccc([N+](=O)[O-])cc2)CC[C@H]1F. The fraction of sp³-hybridized carbons (Fsp3) is 0.500. The first kappa shape index (κ1) is 22.3. The molecule has 0 aromatic heterocycles. The Morgan fingerprint density at radius 2 is 2.00 bits per heavy atom. The average molecular weight is 407 g/mol. The summed E-state index contributed by atoms with van der Waals surface area (Å²) in [4.78, 5) is 33.3. The van der Waals surface area contributed by atoms with Crippen LogP contribution in [0.5, 0.6) is 0 Å². The number of halogens is 1. The van der Waals surface area contributed by atoms with Crippen LogP contribution in [0.25, 0.3) is 0 Å². The van der Waals surface area contributed by atoms with Crippen LogP contribution in [0.15, 0.2) is 36.4 Å². The Morgan fingerprint density at radius 1 is 1.28 bits per heavy atom. The van der Waals surface area contributed by atoms with Gasteiger partial charge in [-0.15, -0.1) is 0 Å². The Hall–Kier alpha value is -2.97. The average Bonchev–Trinajstić information content (AvgIpc) is 3.06. The number of hydrogen-bond donors (Lipinski definition) is 2. The van der Waals surface area contributed by atoms with E-state index in [1.807, 2.05) is 12.2 Å². The highest BCUT2D eigenvalue weighted by Gasteiger charge is 2.35. The molecule has 0 unspecified atom stereocenters. The number of nitro groups is 1. The van der Waals surface area contributed by atoms with E-state index in [-0.39, 0.29) is 23.5 Å². The number of esters is 1. The number of rotatable bonds is 9. The molecule has 29 heavy (non-hydrogen) atoms. The fourth-order valence-electron chi connectivity index (χ4n) is 3.43. The highest BCUT2D eigenvalue weighted by atomic mass is 19.1. The Morgan fingerprint density at radius 3 is 2.66 bits per heavy atom. The molecule has 158 valence electrons. The zero-order valence-corrected chi connectivity index (χ0v) is 16.3. The Labute approximate surface area is 168 Å². The summed E-state index contributed by atoms with van der Waals surface area (Å²) in [5.41, 5.74) is 0.381. The number of hydrogen-bond acceptors (Lipinski definition) is 5. The maximum Gasteiger partial charge on any atom is 0.319 e. The lowest BCUT2D eigenvalue weighted by Gasteiger charge is -2.20. The molecule has 1 aliphatic carbocycles. The fourth-order valence-corrected chi connectivity index (χ4v) is 3.43. The highest BCUT2D eigenvalue weighted by Crippen LogP contribution is 2.36. The van der Waals surface area contributed by atoms with Gasteiger partial charge in [-0.3, -0.25) is 14.9 Å². The predicted molar refractivity (Wildman–Crippen MR) is 106 cm³/mol. The number of nitro benzene ring substituents is 1. The number of non-ortho nitro benzene ring substituents is 1. The normalized spacial score (nSPS) is 21.1. The number of anilines is 1. The van der Waals surface area contributed by atoms with Crippen molar-refractivity contribution in [2.75, 3.05) is 19.0 Å². The molecule has 0 radical (unpaired) electrons. The van der Waals surface area contributed by atoms with E-state index in [4.69, 9.17) is 0 Å². The summed E-state index contributed by atoms with van der Waals surface area (Å²) in [6.45, 7) is 0.347. The van der Waals surface area contributed by atoms with E-state index in [1.54, 1.807) is 0 Å². The molecule has 2 N–H and O–H groups in total. The predicted octanol–water partition coefficient (Wildman–Crippen LogP) is 3.98. The third-order valence-electron chi connectivity index (χ3n) is 5.06. The molecule has 0 aliphatic heterocycles. The van der Waals surface area contributed by atoms with E-state index in [1.165, 1.54) is 31.4 Å². The number of nitrogens with one attached hydrogen (secondary N) is 2. The van der Waals surface area contributed by atoms with Gasteiger partial charge < -0.3 is 15.4 Å². The van der Waals surface area contributed by atoms with Crippen molar-refractivity contribution in [1.82, 2.24) is 5.32 Å². The molecule has 0 spiro atoms. The number of benzene rings is 1.